The molecule has 0 amide bonds. The number of nitrogens with zero attached hydrogens (tertiary/aromatic N) is 4. The summed E-state index contributed by atoms with van der Waals surface area (Å²) >= 11 is 1.75. The summed E-state index contributed by atoms with van der Waals surface area (Å²) in [5, 5.41) is 3.28. The summed E-state index contributed by atoms with van der Waals surface area (Å²) < 4.78 is 8.91. The predicted molar refractivity (Wildman–Crippen MR) is 232 cm³/mol. The molecule has 5 nitrogen and oxygen atoms in total. The molecule has 3 fully saturated rings. The van der Waals surface area contributed by atoms with Gasteiger partial charge in [0.25, 0.3) is 0 Å². The van der Waals surface area contributed by atoms with Gasteiger partial charge in [-0.1, -0.05) is 127 Å². The molecule has 2 unspecified atom stereocenters. The number of hydrogen-bond acceptors (Lipinski definition) is 5. The number of hydrogen-bond donors (Lipinski definition) is 0. The summed E-state index contributed by atoms with van der Waals surface area (Å²) in [5.41, 5.74) is 5.73. The van der Waals surface area contributed by atoms with Crippen molar-refractivity contribution in [3.8, 4) is 16.6 Å². The SMILES string of the molecule is CC(C)(C)c1cnc(-n2c3[c-]c(Oc4[c-]c(N5[CH-]N(C6C(C7CCCCC7)CCCC6C6CCCCC6)c6ccccc65)ccc4)ccc3c3ccccc32)s1.[Pt]. The van der Waals surface area contributed by atoms with Crippen molar-refractivity contribution in [2.75, 3.05) is 9.80 Å². The van der Waals surface area contributed by atoms with Gasteiger partial charge in [0.2, 0.25) is 0 Å². The zero-order valence-electron chi connectivity index (χ0n) is 33.7. The minimum absolute atomic E-state index is 0. The molecule has 2 aromatic heterocycles. The van der Waals surface area contributed by atoms with Crippen molar-refractivity contribution in [2.24, 2.45) is 23.7 Å². The van der Waals surface area contributed by atoms with Crippen LogP contribution in [0.1, 0.15) is 109 Å². The summed E-state index contributed by atoms with van der Waals surface area (Å²) in [6, 6.07) is 36.1. The van der Waals surface area contributed by atoms with Gasteiger partial charge in [-0.15, -0.1) is 52.7 Å². The number of benzene rings is 4. The van der Waals surface area contributed by atoms with Gasteiger partial charge in [0.15, 0.2) is 5.13 Å². The molecule has 300 valence electrons. The molecular weight excluding hydrogens is 900 g/mol. The molecule has 0 bridgehead atoms. The molecule has 7 heteroatoms. The molecule has 0 N–H and O–H groups in total. The van der Waals surface area contributed by atoms with Crippen molar-refractivity contribution in [3.05, 3.63) is 109 Å². The second kappa shape index (κ2) is 16.2. The zero-order chi connectivity index (χ0) is 37.8. The molecule has 6 aromatic rings. The third-order valence-electron chi connectivity index (χ3n) is 13.7. The maximum Gasteiger partial charge on any atom is 0.192 e. The third kappa shape index (κ3) is 7.37. The number of fused-ring (bicyclic) bond motifs is 4. The maximum atomic E-state index is 6.66. The van der Waals surface area contributed by atoms with Gasteiger partial charge in [-0.05, 0) is 65.5 Å². The van der Waals surface area contributed by atoms with E-state index in [1.807, 2.05) is 18.3 Å². The second-order valence-electron chi connectivity index (χ2n) is 18.1. The van der Waals surface area contributed by atoms with Crippen molar-refractivity contribution in [1.82, 2.24) is 9.55 Å². The second-order valence-corrected chi connectivity index (χ2v) is 19.1. The van der Waals surface area contributed by atoms with Gasteiger partial charge in [0.1, 0.15) is 0 Å². The Morgan fingerprint density at radius 3 is 2.05 bits per heavy atom. The molecule has 0 saturated heterocycles. The van der Waals surface area contributed by atoms with Crippen molar-refractivity contribution in [1.29, 1.82) is 0 Å². The van der Waals surface area contributed by atoms with Crippen LogP contribution >= 0.6 is 11.3 Å². The van der Waals surface area contributed by atoms with Crippen molar-refractivity contribution in [2.45, 2.75) is 116 Å². The standard InChI is InChI=1S/C50H55N4OS.Pt/c1-50(2,3)47-32-51-49(56-47)54-43-25-11-10-22-41(43)42-29-28-38(31-46(42)54)55-37-21-14-20-36(30-37)52-33-53(45-27-13-12-26-44(45)52)48-39(34-16-6-4-7-17-34)23-15-24-40(48)35-18-8-5-9-19-35;/h10-14,20-22,25-29,32-35,39-40,48H,4-9,15-19,23-24H2,1-3H3;/q-3;. The predicted octanol–water partition coefficient (Wildman–Crippen LogP) is 14.0. The maximum absolute atomic E-state index is 6.66. The molecule has 10 rings (SSSR count). The molecule has 3 aliphatic carbocycles. The minimum Gasteiger partial charge on any atom is -0.509 e. The first kappa shape index (κ1) is 38.9. The molecule has 3 saturated carbocycles. The number of anilines is 3. The fraction of sp³-hybridized carbons (Fsp3) is 0.440. The minimum atomic E-state index is 0. The number of para-hydroxylation sites is 3. The third-order valence-corrected chi connectivity index (χ3v) is 15.1. The van der Waals surface area contributed by atoms with Crippen LogP contribution < -0.4 is 14.5 Å². The normalized spacial score (nSPS) is 22.2. The van der Waals surface area contributed by atoms with Gasteiger partial charge < -0.3 is 19.1 Å². The largest absolute Gasteiger partial charge is 0.509 e. The van der Waals surface area contributed by atoms with E-state index >= 15 is 0 Å². The Hall–Kier alpha value is -3.60. The molecule has 0 spiro atoms. The van der Waals surface area contributed by atoms with E-state index in [4.69, 9.17) is 9.72 Å². The van der Waals surface area contributed by atoms with Gasteiger partial charge in [-0.25, -0.2) is 4.98 Å². The molecule has 4 aliphatic rings. The first-order valence-corrected chi connectivity index (χ1v) is 22.4. The molecule has 1 aliphatic heterocycles. The molecule has 2 atom stereocenters. The average Bonchev–Trinajstić information content (AvgIpc) is 3.96. The molecule has 57 heavy (non-hydrogen) atoms. The van der Waals surface area contributed by atoms with Gasteiger partial charge in [-0.3, -0.25) is 0 Å². The Kier molecular flexibility index (Phi) is 11.1. The smallest absolute Gasteiger partial charge is 0.192 e. The van der Waals surface area contributed by atoms with E-state index in [1.165, 1.54) is 105 Å². The van der Waals surface area contributed by atoms with Crippen LogP contribution in [0.5, 0.6) is 11.5 Å². The fourth-order valence-electron chi connectivity index (χ4n) is 11.0. The van der Waals surface area contributed by atoms with E-state index in [9.17, 15) is 0 Å². The molecule has 0 radical (unpaired) electrons. The first-order chi connectivity index (χ1) is 27.4. The molecule has 4 aromatic carbocycles. The van der Waals surface area contributed by atoms with Crippen LogP contribution in [-0.4, -0.2) is 15.6 Å². The summed E-state index contributed by atoms with van der Waals surface area (Å²) in [5.74, 6) is 4.56. The van der Waals surface area contributed by atoms with Crippen molar-refractivity contribution >= 4 is 50.2 Å². The van der Waals surface area contributed by atoms with Gasteiger partial charge in [-0.2, -0.15) is 18.8 Å². The summed E-state index contributed by atoms with van der Waals surface area (Å²) in [7, 11) is 0. The van der Waals surface area contributed by atoms with Gasteiger partial charge in [0, 0.05) is 66.6 Å². The zero-order valence-corrected chi connectivity index (χ0v) is 36.7. The first-order valence-electron chi connectivity index (χ1n) is 21.5. The Morgan fingerprint density at radius 1 is 0.684 bits per heavy atom. The van der Waals surface area contributed by atoms with E-state index in [0.29, 0.717) is 17.5 Å². The fourth-order valence-corrected chi connectivity index (χ4v) is 12.0. The van der Waals surface area contributed by atoms with Crippen LogP contribution in [0, 0.1) is 42.5 Å². The number of rotatable bonds is 7. The molecule has 3 heterocycles. The summed E-state index contributed by atoms with van der Waals surface area (Å²) in [6.45, 7) is 9.17. The number of ether oxygens (including phenoxy) is 1. The van der Waals surface area contributed by atoms with E-state index < -0.39 is 0 Å². The van der Waals surface area contributed by atoms with Crippen LogP contribution in [-0.2, 0) is 26.5 Å². The summed E-state index contributed by atoms with van der Waals surface area (Å²) in [6.07, 6.45) is 20.3. The van der Waals surface area contributed by atoms with Crippen molar-refractivity contribution < 1.29 is 25.8 Å². The summed E-state index contributed by atoms with van der Waals surface area (Å²) in [4.78, 5) is 11.3. The van der Waals surface area contributed by atoms with Crippen LogP contribution in [0.3, 0.4) is 0 Å². The van der Waals surface area contributed by atoms with Gasteiger partial charge in [0.05, 0.1) is 0 Å². The monoisotopic (exact) mass is 954 g/mol. The van der Waals surface area contributed by atoms with E-state index in [2.05, 4.69) is 121 Å². The Bertz CT molecular complexity index is 2300. The Morgan fingerprint density at radius 2 is 1.35 bits per heavy atom. The average molecular weight is 955 g/mol. The van der Waals surface area contributed by atoms with Crippen LogP contribution in [0.25, 0.3) is 26.9 Å². The van der Waals surface area contributed by atoms with Crippen LogP contribution in [0.15, 0.2) is 85.1 Å². The van der Waals surface area contributed by atoms with Crippen molar-refractivity contribution in [3.63, 3.8) is 0 Å². The quantitative estimate of drug-likeness (QED) is 0.149. The number of thiazole rings is 1. The van der Waals surface area contributed by atoms with E-state index in [0.717, 1.165) is 50.9 Å². The Labute approximate surface area is 358 Å². The van der Waals surface area contributed by atoms with E-state index in [1.54, 1.807) is 11.3 Å². The molecular formula is C50H55N4OPtS-3. The Balaban J connectivity index is 0.00000422. The van der Waals surface area contributed by atoms with E-state index in [-0.39, 0.29) is 26.5 Å². The van der Waals surface area contributed by atoms with Crippen LogP contribution in [0.2, 0.25) is 0 Å². The van der Waals surface area contributed by atoms with Crippen LogP contribution in [0.4, 0.5) is 17.1 Å². The van der Waals surface area contributed by atoms with Gasteiger partial charge >= 0.3 is 0 Å². The number of aromatic nitrogens is 2. The topological polar surface area (TPSA) is 33.5 Å².